The molecule has 5 heteroatoms. The van der Waals surface area contributed by atoms with Gasteiger partial charge in [-0.2, -0.15) is 0 Å². The fourth-order valence-corrected chi connectivity index (χ4v) is 2.39. The van der Waals surface area contributed by atoms with Gasteiger partial charge >= 0.3 is 5.97 Å². The fourth-order valence-electron chi connectivity index (χ4n) is 2.13. The average Bonchev–Trinajstić information content (AvgIpc) is 3.21. The summed E-state index contributed by atoms with van der Waals surface area (Å²) in [5.41, 5.74) is -0.625. The maximum atomic E-state index is 12.3. The van der Waals surface area contributed by atoms with E-state index in [9.17, 15) is 14.7 Å². The quantitative estimate of drug-likeness (QED) is 0.810. The number of rotatable bonds is 5. The van der Waals surface area contributed by atoms with Gasteiger partial charge in [-0.3, -0.25) is 9.59 Å². The summed E-state index contributed by atoms with van der Waals surface area (Å²) < 4.78 is 0.924. The minimum Gasteiger partial charge on any atom is -0.480 e. The van der Waals surface area contributed by atoms with Crippen LogP contribution < -0.4 is 5.32 Å². The molecule has 2 N–H and O–H groups in total. The van der Waals surface area contributed by atoms with Gasteiger partial charge in [0.05, 0.1) is 0 Å². The van der Waals surface area contributed by atoms with Gasteiger partial charge in [0.25, 0.3) is 0 Å². The van der Waals surface area contributed by atoms with E-state index in [1.807, 2.05) is 24.3 Å². The van der Waals surface area contributed by atoms with Crippen LogP contribution in [0.5, 0.6) is 0 Å². The molecule has 0 radical (unpaired) electrons. The number of benzene rings is 1. The van der Waals surface area contributed by atoms with Crippen molar-refractivity contribution in [2.45, 2.75) is 38.6 Å². The molecule has 0 aliphatic heterocycles. The Morgan fingerprint density at radius 1 is 1.35 bits per heavy atom. The molecule has 1 aromatic carbocycles. The van der Waals surface area contributed by atoms with Crippen molar-refractivity contribution in [3.8, 4) is 0 Å². The van der Waals surface area contributed by atoms with Crippen LogP contribution in [0.1, 0.15) is 38.2 Å². The summed E-state index contributed by atoms with van der Waals surface area (Å²) in [5, 5.41) is 12.4. The number of amides is 1. The van der Waals surface area contributed by atoms with E-state index in [0.717, 1.165) is 22.9 Å². The van der Waals surface area contributed by atoms with Crippen molar-refractivity contribution in [2.75, 3.05) is 0 Å². The Morgan fingerprint density at radius 3 is 2.35 bits per heavy atom. The van der Waals surface area contributed by atoms with E-state index >= 15 is 0 Å². The summed E-state index contributed by atoms with van der Waals surface area (Å²) in [7, 11) is 0. The summed E-state index contributed by atoms with van der Waals surface area (Å²) in [6.07, 6.45) is 1.88. The van der Waals surface area contributed by atoms with Gasteiger partial charge in [0.1, 0.15) is 5.41 Å². The Balaban J connectivity index is 2.28. The topological polar surface area (TPSA) is 66.4 Å². The number of carbonyl (C=O) groups is 2. The zero-order chi connectivity index (χ0) is 14.9. The van der Waals surface area contributed by atoms with Crippen LogP contribution in [0.3, 0.4) is 0 Å². The van der Waals surface area contributed by atoms with Gasteiger partial charge in [0.2, 0.25) is 5.91 Å². The number of hydrogen-bond acceptors (Lipinski definition) is 2. The first-order valence-corrected chi connectivity index (χ1v) is 7.45. The standard InChI is InChI=1S/C15H18BrNO3/c1-9(10-3-5-11(16)6-4-10)15(2,14(19)20)13(18)17-12-7-8-12/h3-6,9,12H,7-8H2,1-2H3,(H,17,18)(H,19,20). The maximum absolute atomic E-state index is 12.3. The molecule has 1 saturated carbocycles. The first kappa shape index (κ1) is 15.0. The van der Waals surface area contributed by atoms with Crippen LogP contribution in [0, 0.1) is 5.41 Å². The molecule has 0 bridgehead atoms. The summed E-state index contributed by atoms with van der Waals surface area (Å²) in [5.74, 6) is -1.90. The molecule has 1 amide bonds. The number of aliphatic carboxylic acids is 1. The van der Waals surface area contributed by atoms with Crippen molar-refractivity contribution in [1.29, 1.82) is 0 Å². The van der Waals surface area contributed by atoms with E-state index in [2.05, 4.69) is 21.2 Å². The monoisotopic (exact) mass is 339 g/mol. The highest BCUT2D eigenvalue weighted by atomic mass is 79.9. The molecular formula is C15H18BrNO3. The van der Waals surface area contributed by atoms with E-state index in [-0.39, 0.29) is 6.04 Å². The van der Waals surface area contributed by atoms with Gasteiger partial charge in [-0.25, -0.2) is 0 Å². The SMILES string of the molecule is CC(c1ccc(Br)cc1)C(C)(C(=O)O)C(=O)NC1CC1. The van der Waals surface area contributed by atoms with Crippen molar-refractivity contribution in [3.63, 3.8) is 0 Å². The van der Waals surface area contributed by atoms with Crippen LogP contribution in [0.15, 0.2) is 28.7 Å². The first-order chi connectivity index (χ1) is 9.35. The first-order valence-electron chi connectivity index (χ1n) is 6.65. The number of hydrogen-bond donors (Lipinski definition) is 2. The molecule has 2 atom stereocenters. The van der Waals surface area contributed by atoms with Crippen LogP contribution in [-0.2, 0) is 9.59 Å². The largest absolute Gasteiger partial charge is 0.480 e. The molecule has 0 aromatic heterocycles. The zero-order valence-electron chi connectivity index (χ0n) is 11.5. The number of carboxylic acid groups (broad SMARTS) is 1. The minimum atomic E-state index is -1.46. The van der Waals surface area contributed by atoms with Crippen LogP contribution in [0.2, 0.25) is 0 Å². The van der Waals surface area contributed by atoms with E-state index in [1.54, 1.807) is 6.92 Å². The van der Waals surface area contributed by atoms with Crippen molar-refractivity contribution in [3.05, 3.63) is 34.3 Å². The summed E-state index contributed by atoms with van der Waals surface area (Å²) in [6, 6.07) is 7.55. The Morgan fingerprint density at radius 2 is 1.90 bits per heavy atom. The Labute approximate surface area is 126 Å². The minimum absolute atomic E-state index is 0.151. The van der Waals surface area contributed by atoms with Gasteiger partial charge < -0.3 is 10.4 Å². The average molecular weight is 340 g/mol. The number of halogens is 1. The van der Waals surface area contributed by atoms with Crippen LogP contribution >= 0.6 is 15.9 Å². The lowest BCUT2D eigenvalue weighted by Crippen LogP contribution is -2.48. The molecule has 1 fully saturated rings. The number of carboxylic acids is 1. The van der Waals surface area contributed by atoms with Crippen molar-refractivity contribution in [1.82, 2.24) is 5.32 Å². The molecule has 0 spiro atoms. The normalized spacial score (nSPS) is 18.9. The lowest BCUT2D eigenvalue weighted by Gasteiger charge is -2.30. The number of nitrogens with one attached hydrogen (secondary N) is 1. The summed E-state index contributed by atoms with van der Waals surface area (Å²) in [6.45, 7) is 3.28. The summed E-state index contributed by atoms with van der Waals surface area (Å²) in [4.78, 5) is 24.0. The lowest BCUT2D eigenvalue weighted by molar-refractivity contribution is -0.156. The van der Waals surface area contributed by atoms with Crippen LogP contribution in [-0.4, -0.2) is 23.0 Å². The summed E-state index contributed by atoms with van der Waals surface area (Å²) >= 11 is 3.35. The molecule has 1 aliphatic rings. The molecule has 1 aliphatic carbocycles. The molecule has 0 saturated heterocycles. The lowest BCUT2D eigenvalue weighted by atomic mass is 9.73. The Bertz CT molecular complexity index is 524. The highest BCUT2D eigenvalue weighted by Gasteiger charge is 2.48. The third kappa shape index (κ3) is 2.87. The van der Waals surface area contributed by atoms with Crippen molar-refractivity contribution in [2.24, 2.45) is 5.41 Å². The molecule has 2 rings (SSSR count). The second-order valence-corrected chi connectivity index (χ2v) is 6.44. The van der Waals surface area contributed by atoms with E-state index in [1.165, 1.54) is 6.92 Å². The highest BCUT2D eigenvalue weighted by molar-refractivity contribution is 9.10. The van der Waals surface area contributed by atoms with Crippen molar-refractivity contribution < 1.29 is 14.7 Å². The van der Waals surface area contributed by atoms with Gasteiger partial charge in [0, 0.05) is 16.4 Å². The van der Waals surface area contributed by atoms with Gasteiger partial charge in [-0.15, -0.1) is 0 Å². The van der Waals surface area contributed by atoms with Gasteiger partial charge in [0.15, 0.2) is 0 Å². The van der Waals surface area contributed by atoms with Gasteiger partial charge in [-0.05, 0) is 37.5 Å². The van der Waals surface area contributed by atoms with Crippen molar-refractivity contribution >= 4 is 27.8 Å². The number of carbonyl (C=O) groups excluding carboxylic acids is 1. The van der Waals surface area contributed by atoms with E-state index < -0.39 is 23.2 Å². The second kappa shape index (κ2) is 5.56. The Hall–Kier alpha value is -1.36. The van der Waals surface area contributed by atoms with E-state index in [4.69, 9.17) is 0 Å². The predicted molar refractivity (Wildman–Crippen MR) is 79.5 cm³/mol. The molecule has 4 nitrogen and oxygen atoms in total. The third-order valence-corrected chi connectivity index (χ3v) is 4.59. The molecular weight excluding hydrogens is 322 g/mol. The van der Waals surface area contributed by atoms with E-state index in [0.29, 0.717) is 0 Å². The van der Waals surface area contributed by atoms with Crippen LogP contribution in [0.25, 0.3) is 0 Å². The maximum Gasteiger partial charge on any atom is 0.319 e. The highest BCUT2D eigenvalue weighted by Crippen LogP contribution is 2.37. The third-order valence-electron chi connectivity index (χ3n) is 4.06. The predicted octanol–water partition coefficient (Wildman–Crippen LogP) is 2.92. The smallest absolute Gasteiger partial charge is 0.319 e. The molecule has 0 heterocycles. The molecule has 20 heavy (non-hydrogen) atoms. The van der Waals surface area contributed by atoms with Crippen LogP contribution in [0.4, 0.5) is 0 Å². The molecule has 108 valence electrons. The Kier molecular flexibility index (Phi) is 4.18. The van der Waals surface area contributed by atoms with Gasteiger partial charge in [-0.1, -0.05) is 35.0 Å². The second-order valence-electron chi connectivity index (χ2n) is 5.53. The molecule has 2 unspecified atom stereocenters. The zero-order valence-corrected chi connectivity index (χ0v) is 13.1. The molecule has 1 aromatic rings. The fraction of sp³-hybridized carbons (Fsp3) is 0.467.